The molecule has 4 amide bonds. The highest BCUT2D eigenvalue weighted by molar-refractivity contribution is 7.20. The van der Waals surface area contributed by atoms with Gasteiger partial charge in [-0.05, 0) is 36.8 Å². The van der Waals surface area contributed by atoms with Gasteiger partial charge in [-0.25, -0.2) is 4.98 Å². The molecule has 3 rings (SSSR count). The van der Waals surface area contributed by atoms with E-state index in [1.807, 2.05) is 12.2 Å². The van der Waals surface area contributed by atoms with Gasteiger partial charge < -0.3 is 27.0 Å². The minimum atomic E-state index is -0.774. The van der Waals surface area contributed by atoms with Crippen molar-refractivity contribution in [2.45, 2.75) is 26.3 Å². The van der Waals surface area contributed by atoms with E-state index in [0.29, 0.717) is 22.8 Å². The Balaban J connectivity index is 1.70. The molecular formula is C21H22N6O4S. The lowest BCUT2D eigenvalue weighted by Crippen LogP contribution is -2.32. The molecule has 10 nitrogen and oxygen atoms in total. The molecule has 1 atom stereocenters. The number of nitrogens with one attached hydrogen (secondary N) is 4. The molecule has 0 saturated carbocycles. The monoisotopic (exact) mass is 454 g/mol. The van der Waals surface area contributed by atoms with Crippen molar-refractivity contribution in [1.29, 1.82) is 0 Å². The number of benzene rings is 1. The molecular weight excluding hydrogens is 432 g/mol. The van der Waals surface area contributed by atoms with Gasteiger partial charge in [0.05, 0.1) is 6.04 Å². The Labute approximate surface area is 188 Å². The van der Waals surface area contributed by atoms with E-state index in [0.717, 1.165) is 17.0 Å². The Hall–Kier alpha value is -3.99. The van der Waals surface area contributed by atoms with Gasteiger partial charge in [0.2, 0.25) is 11.8 Å². The van der Waals surface area contributed by atoms with Crippen LogP contribution in [0.15, 0.2) is 48.2 Å². The van der Waals surface area contributed by atoms with Gasteiger partial charge in [0, 0.05) is 30.8 Å². The molecule has 32 heavy (non-hydrogen) atoms. The largest absolute Gasteiger partial charge is 0.364 e. The lowest BCUT2D eigenvalue weighted by atomic mass is 10.1. The Morgan fingerprint density at radius 3 is 2.34 bits per heavy atom. The number of anilines is 3. The Kier molecular flexibility index (Phi) is 7.00. The Bertz CT molecular complexity index is 1120. The maximum absolute atomic E-state index is 12.6. The number of allylic oxidation sites excluding steroid dienone is 1. The molecule has 0 aliphatic heterocycles. The average molecular weight is 455 g/mol. The number of hydrogen-bond acceptors (Lipinski definition) is 7. The number of carbonyl (C=O) groups is 4. The van der Waals surface area contributed by atoms with Crippen molar-refractivity contribution in [3.05, 3.63) is 59.4 Å². The maximum Gasteiger partial charge on any atom is 0.270 e. The fourth-order valence-corrected chi connectivity index (χ4v) is 3.80. The summed E-state index contributed by atoms with van der Waals surface area (Å²) >= 11 is 1.07. The first kappa shape index (κ1) is 22.7. The molecule has 0 radical (unpaired) electrons. The van der Waals surface area contributed by atoms with E-state index in [2.05, 4.69) is 26.3 Å². The van der Waals surface area contributed by atoms with Crippen LogP contribution in [0.5, 0.6) is 0 Å². The van der Waals surface area contributed by atoms with Gasteiger partial charge in [0.15, 0.2) is 10.8 Å². The minimum absolute atomic E-state index is 0.0581. The molecule has 1 aromatic heterocycles. The van der Waals surface area contributed by atoms with Crippen molar-refractivity contribution in [3.8, 4) is 0 Å². The number of primary amides is 1. The van der Waals surface area contributed by atoms with Gasteiger partial charge in [-0.1, -0.05) is 23.5 Å². The maximum atomic E-state index is 12.6. The van der Waals surface area contributed by atoms with Gasteiger partial charge in [0.25, 0.3) is 11.8 Å². The second-order valence-electron chi connectivity index (χ2n) is 6.96. The van der Waals surface area contributed by atoms with E-state index in [4.69, 9.17) is 5.73 Å². The minimum Gasteiger partial charge on any atom is -0.364 e. The van der Waals surface area contributed by atoms with E-state index < -0.39 is 11.8 Å². The number of hydrogen-bond donors (Lipinski definition) is 5. The third-order valence-electron chi connectivity index (χ3n) is 4.29. The molecule has 1 aliphatic carbocycles. The summed E-state index contributed by atoms with van der Waals surface area (Å²) in [6.07, 6.45) is 6.13. The lowest BCUT2D eigenvalue weighted by molar-refractivity contribution is -0.119. The molecule has 1 aliphatic rings. The lowest BCUT2D eigenvalue weighted by Gasteiger charge is -2.16. The highest BCUT2D eigenvalue weighted by Crippen LogP contribution is 2.30. The van der Waals surface area contributed by atoms with Crippen molar-refractivity contribution in [1.82, 2.24) is 10.3 Å². The van der Waals surface area contributed by atoms with Crippen LogP contribution in [0.25, 0.3) is 0 Å². The van der Waals surface area contributed by atoms with Gasteiger partial charge >= 0.3 is 0 Å². The van der Waals surface area contributed by atoms with Crippen LogP contribution in [0.4, 0.5) is 15.8 Å². The van der Waals surface area contributed by atoms with Crippen molar-refractivity contribution in [2.75, 3.05) is 16.0 Å². The number of nitrogens with zero attached hydrogens (tertiary/aromatic N) is 1. The third-order valence-corrected chi connectivity index (χ3v) is 5.18. The predicted molar refractivity (Wildman–Crippen MR) is 122 cm³/mol. The Morgan fingerprint density at radius 2 is 1.78 bits per heavy atom. The van der Waals surface area contributed by atoms with Crippen LogP contribution < -0.4 is 27.0 Å². The molecule has 0 bridgehead atoms. The zero-order valence-electron chi connectivity index (χ0n) is 17.4. The van der Waals surface area contributed by atoms with Crippen LogP contribution in [-0.2, 0) is 9.59 Å². The smallest absolute Gasteiger partial charge is 0.270 e. The fraction of sp³-hybridized carbons (Fsp3) is 0.190. The van der Waals surface area contributed by atoms with Crippen molar-refractivity contribution >= 4 is 50.8 Å². The zero-order chi connectivity index (χ0) is 23.3. The van der Waals surface area contributed by atoms with E-state index in [1.54, 1.807) is 30.3 Å². The Morgan fingerprint density at radius 1 is 1.06 bits per heavy atom. The van der Waals surface area contributed by atoms with E-state index in [1.165, 1.54) is 13.8 Å². The molecule has 0 fully saturated rings. The van der Waals surface area contributed by atoms with Gasteiger partial charge in [-0.3, -0.25) is 19.2 Å². The first-order valence-corrected chi connectivity index (χ1v) is 10.4. The normalized spacial score (nSPS) is 14.8. The summed E-state index contributed by atoms with van der Waals surface area (Å²) in [6.45, 7) is 2.85. The molecule has 11 heteroatoms. The molecule has 2 aromatic rings. The van der Waals surface area contributed by atoms with Crippen LogP contribution in [0.3, 0.4) is 0 Å². The molecule has 0 saturated heterocycles. The predicted octanol–water partition coefficient (Wildman–Crippen LogP) is 2.21. The summed E-state index contributed by atoms with van der Waals surface area (Å²) in [5.74, 6) is -1.55. The van der Waals surface area contributed by atoms with Crippen molar-refractivity contribution < 1.29 is 19.2 Å². The summed E-state index contributed by atoms with van der Waals surface area (Å²) < 4.78 is 0. The fourth-order valence-electron chi connectivity index (χ4n) is 2.91. The quantitative estimate of drug-likeness (QED) is 0.432. The molecule has 166 valence electrons. The second-order valence-corrected chi connectivity index (χ2v) is 7.96. The standard InChI is InChI=1S/C21H22N6O4S/c1-11(28)23-14-5-3-13(4-6-14)19(31)27-20-17(18(22)30)26-21(32-20)25-16-9-7-15(8-10-16)24-12(2)29/h3-7,9-10,15H,8H2,1-2H3,(H2,22,30)(H,23,28)(H,24,29)(H,25,26)(H,27,31). The number of rotatable bonds is 7. The second kappa shape index (κ2) is 9.88. The first-order chi connectivity index (χ1) is 15.2. The van der Waals surface area contributed by atoms with Crippen LogP contribution in [0.1, 0.15) is 41.1 Å². The van der Waals surface area contributed by atoms with Gasteiger partial charge in [-0.15, -0.1) is 0 Å². The summed E-state index contributed by atoms with van der Waals surface area (Å²) in [5, 5.41) is 11.8. The average Bonchev–Trinajstić information content (AvgIpc) is 3.11. The topological polar surface area (TPSA) is 155 Å². The first-order valence-electron chi connectivity index (χ1n) is 9.63. The van der Waals surface area contributed by atoms with E-state index in [-0.39, 0.29) is 28.6 Å². The third kappa shape index (κ3) is 6.01. The van der Waals surface area contributed by atoms with Crippen molar-refractivity contribution in [2.24, 2.45) is 5.73 Å². The SMILES string of the molecule is CC(=O)Nc1ccc(C(=O)Nc2sc(NC3=CCC(NC(C)=O)C=C3)nc2C(N)=O)cc1. The number of thiazole rings is 1. The number of carbonyl (C=O) groups excluding carboxylic acids is 4. The molecule has 6 N–H and O–H groups in total. The molecule has 1 unspecified atom stereocenters. The molecule has 1 aromatic carbocycles. The highest BCUT2D eigenvalue weighted by atomic mass is 32.1. The molecule has 1 heterocycles. The number of amides is 4. The number of nitrogens with two attached hydrogens (primary N) is 1. The number of aromatic nitrogens is 1. The van der Waals surface area contributed by atoms with Crippen LogP contribution in [-0.4, -0.2) is 34.7 Å². The summed E-state index contributed by atoms with van der Waals surface area (Å²) in [6, 6.07) is 6.21. The van der Waals surface area contributed by atoms with Crippen LogP contribution in [0, 0.1) is 0 Å². The van der Waals surface area contributed by atoms with Crippen molar-refractivity contribution in [3.63, 3.8) is 0 Å². The van der Waals surface area contributed by atoms with E-state index in [9.17, 15) is 19.2 Å². The summed E-state index contributed by atoms with van der Waals surface area (Å²) in [5.41, 5.74) is 7.00. The van der Waals surface area contributed by atoms with Crippen LogP contribution in [0.2, 0.25) is 0 Å². The highest BCUT2D eigenvalue weighted by Gasteiger charge is 2.20. The zero-order valence-corrected chi connectivity index (χ0v) is 18.2. The summed E-state index contributed by atoms with van der Waals surface area (Å²) in [7, 11) is 0. The van der Waals surface area contributed by atoms with Gasteiger partial charge in [-0.2, -0.15) is 0 Å². The van der Waals surface area contributed by atoms with Gasteiger partial charge in [0.1, 0.15) is 5.00 Å². The van der Waals surface area contributed by atoms with E-state index >= 15 is 0 Å². The summed E-state index contributed by atoms with van der Waals surface area (Å²) in [4.78, 5) is 50.9. The van der Waals surface area contributed by atoms with Crippen LogP contribution >= 0.6 is 11.3 Å². The molecule has 0 spiro atoms.